The lowest BCUT2D eigenvalue weighted by molar-refractivity contribution is -0.211. The Morgan fingerprint density at radius 3 is 2.12 bits per heavy atom. The molecule has 0 unspecified atom stereocenters. The fourth-order valence-electron chi connectivity index (χ4n) is 4.66. The van der Waals surface area contributed by atoms with E-state index in [4.69, 9.17) is 9.47 Å². The topological polar surface area (TPSA) is 21.7 Å². The molecule has 0 saturated carbocycles. The van der Waals surface area contributed by atoms with E-state index in [1.807, 2.05) is 30.3 Å². The molecule has 186 valence electrons. The van der Waals surface area contributed by atoms with Crippen LogP contribution < -0.4 is 0 Å². The maximum Gasteiger partial charge on any atom is 0.416 e. The summed E-state index contributed by atoms with van der Waals surface area (Å²) < 4.78 is 91.9. The van der Waals surface area contributed by atoms with Crippen molar-refractivity contribution in [2.75, 3.05) is 26.2 Å². The van der Waals surface area contributed by atoms with Gasteiger partial charge in [-0.2, -0.15) is 26.3 Å². The number of nitrogens with zero attached hydrogens (tertiary/aromatic N) is 1. The van der Waals surface area contributed by atoms with Crippen LogP contribution in [0.4, 0.5) is 26.3 Å². The molecule has 34 heavy (non-hydrogen) atoms. The van der Waals surface area contributed by atoms with Gasteiger partial charge in [0.15, 0.2) is 6.29 Å². The van der Waals surface area contributed by atoms with Crippen molar-refractivity contribution in [3.05, 3.63) is 70.8 Å². The van der Waals surface area contributed by atoms with Crippen LogP contribution in [-0.2, 0) is 21.8 Å². The third-order valence-corrected chi connectivity index (χ3v) is 6.62. The van der Waals surface area contributed by atoms with E-state index in [-0.39, 0.29) is 23.5 Å². The molecule has 2 saturated heterocycles. The Morgan fingerprint density at radius 1 is 0.971 bits per heavy atom. The summed E-state index contributed by atoms with van der Waals surface area (Å²) in [6.45, 7) is 4.76. The average Bonchev–Trinajstić information content (AvgIpc) is 2.75. The van der Waals surface area contributed by atoms with Crippen molar-refractivity contribution in [1.29, 1.82) is 0 Å². The van der Waals surface area contributed by atoms with Gasteiger partial charge < -0.3 is 14.4 Å². The fourth-order valence-corrected chi connectivity index (χ4v) is 4.66. The first-order valence-corrected chi connectivity index (χ1v) is 11.4. The highest BCUT2D eigenvalue weighted by Crippen LogP contribution is 2.41. The zero-order valence-electron chi connectivity index (χ0n) is 18.7. The molecule has 2 aromatic rings. The Labute approximate surface area is 194 Å². The van der Waals surface area contributed by atoms with Gasteiger partial charge in [-0.05, 0) is 68.1 Å². The molecule has 2 aliphatic rings. The standard InChI is InChI=1S/C25H27F6NO2/c1-16(19-12-20(24(26,27)28)14-21(13-19)25(29,30)31)34-23-22(17-6-3-2-4-7-17)18(8-11-33-23)15-32-9-5-10-32/h2-4,6-7,12-14,16,18,22-23H,5,8-11,15H2,1H3/t16-,18-,22+,23-/m1/s1. The van der Waals surface area contributed by atoms with E-state index in [0.717, 1.165) is 50.2 Å². The van der Waals surface area contributed by atoms with Crippen molar-refractivity contribution in [1.82, 2.24) is 4.90 Å². The van der Waals surface area contributed by atoms with Crippen LogP contribution in [0.5, 0.6) is 0 Å². The summed E-state index contributed by atoms with van der Waals surface area (Å²) in [7, 11) is 0. The molecular formula is C25H27F6NO2. The third-order valence-electron chi connectivity index (χ3n) is 6.62. The van der Waals surface area contributed by atoms with Crippen molar-refractivity contribution in [2.24, 2.45) is 5.92 Å². The molecular weight excluding hydrogens is 460 g/mol. The molecule has 3 nitrogen and oxygen atoms in total. The third kappa shape index (κ3) is 5.75. The van der Waals surface area contributed by atoms with E-state index >= 15 is 0 Å². The number of rotatable bonds is 6. The minimum atomic E-state index is -4.91. The van der Waals surface area contributed by atoms with E-state index in [9.17, 15) is 26.3 Å². The molecule has 0 aliphatic carbocycles. The lowest BCUT2D eigenvalue weighted by Crippen LogP contribution is -2.46. The van der Waals surface area contributed by atoms with Crippen LogP contribution in [0.1, 0.15) is 54.0 Å². The van der Waals surface area contributed by atoms with E-state index in [1.54, 1.807) is 0 Å². The first-order chi connectivity index (χ1) is 16.0. The number of likely N-dealkylation sites (tertiary alicyclic amines) is 1. The van der Waals surface area contributed by atoms with E-state index in [1.165, 1.54) is 6.92 Å². The number of halogens is 6. The Kier molecular flexibility index (Phi) is 7.26. The van der Waals surface area contributed by atoms with Crippen LogP contribution in [0.2, 0.25) is 0 Å². The predicted octanol–water partition coefficient (Wildman–Crippen LogP) is 6.65. The zero-order chi connectivity index (χ0) is 24.5. The summed E-state index contributed by atoms with van der Waals surface area (Å²) >= 11 is 0. The molecule has 9 heteroatoms. The summed E-state index contributed by atoms with van der Waals surface area (Å²) in [6.07, 6.45) is -9.71. The van der Waals surface area contributed by atoms with Gasteiger partial charge in [0.05, 0.1) is 23.8 Å². The van der Waals surface area contributed by atoms with Gasteiger partial charge in [-0.15, -0.1) is 0 Å². The second-order valence-corrected chi connectivity index (χ2v) is 9.00. The zero-order valence-corrected chi connectivity index (χ0v) is 18.7. The number of hydrogen-bond donors (Lipinski definition) is 0. The summed E-state index contributed by atoms with van der Waals surface area (Å²) in [5.74, 6) is 0.00628. The number of hydrogen-bond acceptors (Lipinski definition) is 3. The van der Waals surface area contributed by atoms with Crippen molar-refractivity contribution in [3.63, 3.8) is 0 Å². The van der Waals surface area contributed by atoms with Gasteiger partial charge in [0.25, 0.3) is 0 Å². The summed E-state index contributed by atoms with van der Waals surface area (Å²) in [5.41, 5.74) is -1.92. The van der Waals surface area contributed by atoms with Crippen LogP contribution >= 0.6 is 0 Å². The van der Waals surface area contributed by atoms with Gasteiger partial charge in [-0.3, -0.25) is 0 Å². The molecule has 0 aromatic heterocycles. The van der Waals surface area contributed by atoms with Gasteiger partial charge in [0.2, 0.25) is 0 Å². The Morgan fingerprint density at radius 2 is 1.59 bits per heavy atom. The smallest absolute Gasteiger partial charge is 0.352 e. The summed E-state index contributed by atoms with van der Waals surface area (Å²) in [4.78, 5) is 2.34. The van der Waals surface area contributed by atoms with Crippen LogP contribution in [0.3, 0.4) is 0 Å². The Bertz CT molecular complexity index is 926. The van der Waals surface area contributed by atoms with Crippen LogP contribution in [0.25, 0.3) is 0 Å². The van der Waals surface area contributed by atoms with Gasteiger partial charge in [0, 0.05) is 12.5 Å². The second kappa shape index (κ2) is 9.87. The normalized spacial score (nSPS) is 25.1. The van der Waals surface area contributed by atoms with Crippen molar-refractivity contribution in [2.45, 2.75) is 50.4 Å². The first kappa shape index (κ1) is 25.0. The van der Waals surface area contributed by atoms with Crippen molar-refractivity contribution >= 4 is 0 Å². The molecule has 2 aliphatic heterocycles. The fraction of sp³-hybridized carbons (Fsp3) is 0.520. The molecule has 0 bridgehead atoms. The minimum absolute atomic E-state index is 0.128. The van der Waals surface area contributed by atoms with Gasteiger partial charge >= 0.3 is 12.4 Å². The lowest BCUT2D eigenvalue weighted by Gasteiger charge is -2.43. The largest absolute Gasteiger partial charge is 0.416 e. The minimum Gasteiger partial charge on any atom is -0.352 e. The molecule has 0 N–H and O–H groups in total. The average molecular weight is 487 g/mol. The maximum atomic E-state index is 13.3. The maximum absolute atomic E-state index is 13.3. The van der Waals surface area contributed by atoms with E-state index < -0.39 is 35.9 Å². The predicted molar refractivity (Wildman–Crippen MR) is 114 cm³/mol. The van der Waals surface area contributed by atoms with Gasteiger partial charge in [0.1, 0.15) is 0 Å². The Balaban J connectivity index is 1.62. The summed E-state index contributed by atoms with van der Waals surface area (Å²) in [6, 6.07) is 11.2. The first-order valence-electron chi connectivity index (χ1n) is 11.4. The number of alkyl halides is 6. The van der Waals surface area contributed by atoms with E-state index in [2.05, 4.69) is 4.90 Å². The highest BCUT2D eigenvalue weighted by molar-refractivity contribution is 5.34. The van der Waals surface area contributed by atoms with Crippen LogP contribution in [0, 0.1) is 5.92 Å². The van der Waals surface area contributed by atoms with Crippen molar-refractivity contribution in [3.8, 4) is 0 Å². The highest BCUT2D eigenvalue weighted by atomic mass is 19.4. The Hall–Kier alpha value is -2.10. The SMILES string of the molecule is C[C@@H](O[C@H]1OCC[C@H](CN2CCC2)[C@@H]1c1ccccc1)c1cc(C(F)(F)F)cc(C(F)(F)F)c1. The van der Waals surface area contributed by atoms with Crippen LogP contribution in [-0.4, -0.2) is 37.4 Å². The number of ether oxygens (including phenoxy) is 2. The molecule has 4 rings (SSSR count). The van der Waals surface area contributed by atoms with E-state index in [0.29, 0.717) is 6.61 Å². The molecule has 2 fully saturated rings. The second-order valence-electron chi connectivity index (χ2n) is 9.00. The lowest BCUT2D eigenvalue weighted by atomic mass is 9.81. The molecule has 2 aromatic carbocycles. The molecule has 4 atom stereocenters. The monoisotopic (exact) mass is 487 g/mol. The summed E-state index contributed by atoms with van der Waals surface area (Å²) in [5, 5.41) is 0. The number of benzene rings is 2. The molecule has 2 heterocycles. The quantitative estimate of drug-likeness (QED) is 0.426. The van der Waals surface area contributed by atoms with Gasteiger partial charge in [-0.1, -0.05) is 30.3 Å². The molecule has 0 radical (unpaired) electrons. The molecule has 0 spiro atoms. The van der Waals surface area contributed by atoms with Crippen molar-refractivity contribution < 1.29 is 35.8 Å². The van der Waals surface area contributed by atoms with Crippen LogP contribution in [0.15, 0.2) is 48.5 Å². The molecule has 0 amide bonds. The highest BCUT2D eigenvalue weighted by Gasteiger charge is 2.40. The van der Waals surface area contributed by atoms with Gasteiger partial charge in [-0.25, -0.2) is 0 Å².